The van der Waals surface area contributed by atoms with Gasteiger partial charge in [0.15, 0.2) is 0 Å². The van der Waals surface area contributed by atoms with Crippen LogP contribution in [-0.4, -0.2) is 64.6 Å². The fraction of sp³-hybridized carbons (Fsp3) is 0.367. The van der Waals surface area contributed by atoms with Crippen LogP contribution in [0.2, 0.25) is 0 Å². The van der Waals surface area contributed by atoms with Crippen LogP contribution in [-0.2, 0) is 6.54 Å². The van der Waals surface area contributed by atoms with Crippen molar-refractivity contribution in [2.24, 2.45) is 0 Å². The first kappa shape index (κ1) is 28.2. The molecule has 2 aromatic carbocycles. The zero-order valence-corrected chi connectivity index (χ0v) is 23.1. The van der Waals surface area contributed by atoms with Gasteiger partial charge in [-0.3, -0.25) is 14.2 Å². The molecule has 0 saturated carbocycles. The number of piperazine rings is 1. The molecule has 8 nitrogen and oxygen atoms in total. The van der Waals surface area contributed by atoms with Crippen LogP contribution in [0, 0.1) is 5.82 Å². The molecule has 1 aromatic heterocycles. The van der Waals surface area contributed by atoms with E-state index in [-0.39, 0.29) is 22.3 Å². The van der Waals surface area contributed by atoms with Gasteiger partial charge in [0, 0.05) is 44.2 Å². The molecule has 0 N–H and O–H groups in total. The Morgan fingerprint density at radius 2 is 1.87 bits per heavy atom. The number of pyridine rings is 1. The second-order valence-electron chi connectivity index (χ2n) is 11.1. The molecule has 0 bridgehead atoms. The molecule has 1 saturated heterocycles. The normalized spacial score (nSPS) is 19.9. The molecular weight excluding hydrogens is 499 g/mol. The lowest BCUT2D eigenvalue weighted by Gasteiger charge is -2.55. The maximum atomic E-state index is 13.4. The largest absolute Gasteiger partial charge is 0.498 e. The summed E-state index contributed by atoms with van der Waals surface area (Å²) < 4.78 is 18.9. The van der Waals surface area contributed by atoms with Gasteiger partial charge in [0.2, 0.25) is 5.88 Å². The summed E-state index contributed by atoms with van der Waals surface area (Å²) in [5.74, 6) is -0.0513. The maximum absolute atomic E-state index is 13.4. The van der Waals surface area contributed by atoms with Gasteiger partial charge in [-0.2, -0.15) is 0 Å². The number of rotatable bonds is 6. The van der Waals surface area contributed by atoms with E-state index in [1.807, 2.05) is 52.0 Å². The molecule has 2 heterocycles. The Morgan fingerprint density at radius 1 is 1.15 bits per heavy atom. The number of halogens is 1. The molecule has 0 radical (unpaired) electrons. The second kappa shape index (κ2) is 11.1. The quantitative estimate of drug-likeness (QED) is 0.435. The number of benzene rings is 2. The standard InChI is InChI=1S/C30H35FN4O4/c1-21-19-34(15-16-35(21,29(37)38)30(2,3)4)20-22-9-12-25(13-10-22)33(5)28(36)23-11-14-27(32-18-23)39-26-8-6-7-24(31)17-26/h6-14,17-18,21H,15-16,19-20H2,1-5H3/t21-,35?/m0/s1. The molecule has 39 heavy (non-hydrogen) atoms. The van der Waals surface area contributed by atoms with Gasteiger partial charge in [0.25, 0.3) is 12.0 Å². The minimum atomic E-state index is -1.02. The molecule has 4 rings (SSSR count). The average Bonchev–Trinajstić information content (AvgIpc) is 2.88. The summed E-state index contributed by atoms with van der Waals surface area (Å²) in [5.41, 5.74) is 1.75. The number of anilines is 1. The van der Waals surface area contributed by atoms with Crippen LogP contribution in [0.5, 0.6) is 11.6 Å². The lowest BCUT2D eigenvalue weighted by atomic mass is 9.95. The highest BCUT2D eigenvalue weighted by atomic mass is 19.1. The van der Waals surface area contributed by atoms with E-state index in [4.69, 9.17) is 4.74 Å². The van der Waals surface area contributed by atoms with E-state index >= 15 is 0 Å². The minimum Gasteiger partial charge on any atom is -0.498 e. The third-order valence-corrected chi connectivity index (χ3v) is 7.60. The Morgan fingerprint density at radius 3 is 2.44 bits per heavy atom. The summed E-state index contributed by atoms with van der Waals surface area (Å²) in [6, 6.07) is 16.6. The smallest absolute Gasteiger partial charge is 0.259 e. The van der Waals surface area contributed by atoms with Gasteiger partial charge in [-0.1, -0.05) is 18.2 Å². The molecule has 0 spiro atoms. The molecule has 3 aromatic rings. The first-order chi connectivity index (χ1) is 18.4. The Labute approximate surface area is 228 Å². The van der Waals surface area contributed by atoms with Crippen LogP contribution in [0.1, 0.15) is 43.6 Å². The molecular formula is C30H35FN4O4. The van der Waals surface area contributed by atoms with Crippen molar-refractivity contribution in [3.8, 4) is 11.6 Å². The minimum absolute atomic E-state index is 0.0535. The van der Waals surface area contributed by atoms with Gasteiger partial charge in [-0.25, -0.2) is 9.37 Å². The highest BCUT2D eigenvalue weighted by Gasteiger charge is 2.49. The fourth-order valence-electron chi connectivity index (χ4n) is 5.42. The molecule has 0 aliphatic carbocycles. The summed E-state index contributed by atoms with van der Waals surface area (Å²) in [6.07, 6.45) is 0.415. The van der Waals surface area contributed by atoms with Crippen molar-refractivity contribution in [1.82, 2.24) is 9.88 Å². The van der Waals surface area contributed by atoms with Crippen LogP contribution in [0.4, 0.5) is 14.9 Å². The Kier molecular flexibility index (Phi) is 8.04. The molecule has 206 valence electrons. The lowest BCUT2D eigenvalue weighted by molar-refractivity contribution is -0.943. The fourth-order valence-corrected chi connectivity index (χ4v) is 5.42. The van der Waals surface area contributed by atoms with Crippen molar-refractivity contribution < 1.29 is 28.3 Å². The summed E-state index contributed by atoms with van der Waals surface area (Å²) in [5, 5.41) is 12.1. The number of aromatic nitrogens is 1. The number of ether oxygens (including phenoxy) is 1. The molecule has 1 unspecified atom stereocenters. The molecule has 1 aliphatic heterocycles. The zero-order valence-electron chi connectivity index (χ0n) is 23.1. The van der Waals surface area contributed by atoms with E-state index in [0.717, 1.165) is 11.3 Å². The van der Waals surface area contributed by atoms with E-state index in [1.165, 1.54) is 18.3 Å². The summed E-state index contributed by atoms with van der Waals surface area (Å²) in [7, 11) is 1.70. The zero-order chi connectivity index (χ0) is 28.4. The first-order valence-corrected chi connectivity index (χ1v) is 13.0. The number of hydrogen-bond donors (Lipinski definition) is 0. The van der Waals surface area contributed by atoms with Crippen LogP contribution < -0.4 is 14.7 Å². The third-order valence-electron chi connectivity index (χ3n) is 7.60. The van der Waals surface area contributed by atoms with Crippen molar-refractivity contribution in [3.05, 3.63) is 83.8 Å². The second-order valence-corrected chi connectivity index (χ2v) is 11.1. The van der Waals surface area contributed by atoms with E-state index in [1.54, 1.807) is 36.2 Å². The number of carbonyl (C=O) groups excluding carboxylic acids is 2. The van der Waals surface area contributed by atoms with Crippen LogP contribution in [0.15, 0.2) is 66.9 Å². The molecule has 1 aliphatic rings. The van der Waals surface area contributed by atoms with E-state index in [9.17, 15) is 19.1 Å². The summed E-state index contributed by atoms with van der Waals surface area (Å²) in [4.78, 5) is 33.2. The van der Waals surface area contributed by atoms with Crippen molar-refractivity contribution in [2.75, 3.05) is 31.6 Å². The number of hydrogen-bond acceptors (Lipinski definition) is 6. The predicted molar refractivity (Wildman–Crippen MR) is 145 cm³/mol. The van der Waals surface area contributed by atoms with Gasteiger partial charge in [0.1, 0.15) is 17.6 Å². The van der Waals surface area contributed by atoms with Gasteiger partial charge in [-0.15, -0.1) is 0 Å². The molecule has 9 heteroatoms. The van der Waals surface area contributed by atoms with E-state index in [0.29, 0.717) is 37.5 Å². The molecule has 2 amide bonds. The van der Waals surface area contributed by atoms with Crippen molar-refractivity contribution in [3.63, 3.8) is 0 Å². The van der Waals surface area contributed by atoms with Crippen LogP contribution in [0.3, 0.4) is 0 Å². The van der Waals surface area contributed by atoms with Crippen molar-refractivity contribution >= 4 is 17.7 Å². The number of carbonyl (C=O) groups is 2. The number of quaternary nitrogens is 1. The predicted octanol–water partition coefficient (Wildman–Crippen LogP) is 4.45. The van der Waals surface area contributed by atoms with Crippen LogP contribution in [0.25, 0.3) is 0 Å². The summed E-state index contributed by atoms with van der Waals surface area (Å²) >= 11 is 0. The van der Waals surface area contributed by atoms with Gasteiger partial charge in [0.05, 0.1) is 24.2 Å². The SMILES string of the molecule is C[C@H]1CN(Cc2ccc(N(C)C(=O)c3ccc(Oc4cccc(F)c4)nc3)cc2)CC[N+]1(C(=O)[O-])C(C)(C)C. The van der Waals surface area contributed by atoms with Gasteiger partial charge in [-0.05, 0) is 63.6 Å². The highest BCUT2D eigenvalue weighted by molar-refractivity contribution is 6.05. The first-order valence-electron chi connectivity index (χ1n) is 13.0. The Bertz CT molecular complexity index is 1320. The third kappa shape index (κ3) is 5.94. The number of amides is 2. The van der Waals surface area contributed by atoms with Gasteiger partial charge < -0.3 is 19.5 Å². The highest BCUT2D eigenvalue weighted by Crippen LogP contribution is 2.32. The average molecular weight is 535 g/mol. The van der Waals surface area contributed by atoms with E-state index in [2.05, 4.69) is 9.88 Å². The van der Waals surface area contributed by atoms with Crippen molar-refractivity contribution in [2.45, 2.75) is 45.8 Å². The van der Waals surface area contributed by atoms with E-state index < -0.39 is 17.4 Å². The molecule has 1 fully saturated rings. The monoisotopic (exact) mass is 534 g/mol. The topological polar surface area (TPSA) is 85.8 Å². The lowest BCUT2D eigenvalue weighted by Crippen LogP contribution is -2.76. The number of nitrogens with zero attached hydrogens (tertiary/aromatic N) is 4. The summed E-state index contributed by atoms with van der Waals surface area (Å²) in [6.45, 7) is 10.3. The maximum Gasteiger partial charge on any atom is 0.259 e. The Hall–Kier alpha value is -3.82. The van der Waals surface area contributed by atoms with Crippen molar-refractivity contribution in [1.29, 1.82) is 0 Å². The Balaban J connectivity index is 1.36. The van der Waals surface area contributed by atoms with Gasteiger partial charge >= 0.3 is 0 Å². The van der Waals surface area contributed by atoms with Crippen LogP contribution >= 0.6 is 0 Å². The number of carboxylic acid groups (broad SMARTS) is 1. The molecule has 2 atom stereocenters.